The topological polar surface area (TPSA) is 24.4 Å². The molecule has 0 spiro atoms. The lowest BCUT2D eigenvalue weighted by atomic mass is 9.95. The molecule has 0 aromatic rings. The molecule has 0 unspecified atom stereocenters. The van der Waals surface area contributed by atoms with E-state index in [1.54, 1.807) is 5.57 Å². The first-order chi connectivity index (χ1) is 16.0. The average Bonchev–Trinajstić information content (AvgIpc) is 2.79. The van der Waals surface area contributed by atoms with Crippen molar-refractivity contribution in [3.05, 3.63) is 11.6 Å². The maximum atomic E-state index is 5.00. The Bertz CT molecular complexity index is 435. The zero-order valence-electron chi connectivity index (χ0n) is 21.6. The van der Waals surface area contributed by atoms with E-state index in [1.807, 2.05) is 0 Å². The minimum absolute atomic E-state index is 1.05. The molecule has 0 fully saturated rings. The fourth-order valence-corrected chi connectivity index (χ4v) is 5.40. The van der Waals surface area contributed by atoms with E-state index in [-0.39, 0.29) is 0 Å². The lowest BCUT2D eigenvalue weighted by molar-refractivity contribution is 0.535. The van der Waals surface area contributed by atoms with Crippen LogP contribution in [0.3, 0.4) is 0 Å². The van der Waals surface area contributed by atoms with Crippen molar-refractivity contribution in [2.75, 3.05) is 6.54 Å². The molecule has 0 saturated carbocycles. The monoisotopic (exact) mass is 444 g/mol. The van der Waals surface area contributed by atoms with Gasteiger partial charge in [-0.25, -0.2) is 0 Å². The van der Waals surface area contributed by atoms with E-state index in [0.29, 0.717) is 0 Å². The summed E-state index contributed by atoms with van der Waals surface area (Å²) in [5.74, 6) is 0. The molecule has 0 bridgehead atoms. The zero-order chi connectivity index (χ0) is 22.4. The maximum Gasteiger partial charge on any atom is 0.0631 e. The molecule has 0 radical (unpaired) electrons. The summed E-state index contributed by atoms with van der Waals surface area (Å²) in [4.78, 5) is 0. The molecule has 2 nitrogen and oxygen atoms in total. The fourth-order valence-electron chi connectivity index (χ4n) is 5.40. The van der Waals surface area contributed by atoms with Crippen LogP contribution in [0, 0.1) is 0 Å². The number of nitrogens with one attached hydrogen (secondary N) is 1. The van der Waals surface area contributed by atoms with Crippen LogP contribution in [0.15, 0.2) is 16.8 Å². The summed E-state index contributed by atoms with van der Waals surface area (Å²) in [5.41, 5.74) is 6.47. The quantitative estimate of drug-likeness (QED) is 0.427. The van der Waals surface area contributed by atoms with Crippen LogP contribution < -0.4 is 5.43 Å². The molecule has 2 heteroatoms. The van der Waals surface area contributed by atoms with E-state index in [9.17, 15) is 0 Å². The van der Waals surface area contributed by atoms with E-state index >= 15 is 0 Å². The Labute approximate surface area is 201 Å². The molecule has 2 aliphatic rings. The third-order valence-corrected chi connectivity index (χ3v) is 7.58. The van der Waals surface area contributed by atoms with Gasteiger partial charge in [-0.15, -0.1) is 0 Å². The first kappa shape index (κ1) is 27.5. The molecule has 1 aliphatic heterocycles. The minimum atomic E-state index is 1.05. The molecular weight excluding hydrogens is 388 g/mol. The second-order valence-electron chi connectivity index (χ2n) is 10.6. The predicted molar refractivity (Wildman–Crippen MR) is 144 cm³/mol. The Morgan fingerprint density at radius 1 is 0.438 bits per heavy atom. The van der Waals surface area contributed by atoms with Gasteiger partial charge in [-0.05, 0) is 50.5 Å². The zero-order valence-corrected chi connectivity index (χ0v) is 21.6. The van der Waals surface area contributed by atoms with Crippen LogP contribution in [0.1, 0.15) is 167 Å². The molecule has 1 N–H and O–H groups in total. The van der Waals surface area contributed by atoms with Crippen LogP contribution in [-0.2, 0) is 0 Å². The first-order valence-electron chi connectivity index (χ1n) is 15.0. The largest absolute Gasteiger partial charge is 0.310 e. The van der Waals surface area contributed by atoms with Gasteiger partial charge < -0.3 is 5.43 Å². The highest BCUT2D eigenvalue weighted by Gasteiger charge is 2.09. The summed E-state index contributed by atoms with van der Waals surface area (Å²) in [6.45, 7) is 1.05. The van der Waals surface area contributed by atoms with Gasteiger partial charge in [0.25, 0.3) is 0 Å². The van der Waals surface area contributed by atoms with E-state index in [1.165, 1.54) is 173 Å². The van der Waals surface area contributed by atoms with Gasteiger partial charge in [-0.1, -0.05) is 128 Å². The Morgan fingerprint density at radius 3 is 1.38 bits per heavy atom. The molecular formula is C30H56N2. The Balaban J connectivity index is 1.93. The van der Waals surface area contributed by atoms with Crippen molar-refractivity contribution in [1.82, 2.24) is 5.43 Å². The standard InChI is InChI=1S/C30H56N2/c1-2-5-9-13-17-21-25-29(26-22-18-14-10-6-3-1)30-27-23-19-15-11-7-4-8-12-16-20-24-28-31-32-30/h25,31H,1-24,26-28H2. The molecule has 0 atom stereocenters. The average molecular weight is 445 g/mol. The van der Waals surface area contributed by atoms with Crippen molar-refractivity contribution < 1.29 is 0 Å². The smallest absolute Gasteiger partial charge is 0.0631 e. The molecule has 32 heavy (non-hydrogen) atoms. The molecule has 0 saturated heterocycles. The third-order valence-electron chi connectivity index (χ3n) is 7.58. The van der Waals surface area contributed by atoms with Crippen molar-refractivity contribution in [3.63, 3.8) is 0 Å². The summed E-state index contributed by atoms with van der Waals surface area (Å²) < 4.78 is 0. The van der Waals surface area contributed by atoms with Gasteiger partial charge in [0.1, 0.15) is 0 Å². The van der Waals surface area contributed by atoms with Crippen LogP contribution in [-0.4, -0.2) is 12.3 Å². The predicted octanol–water partition coefficient (Wildman–Crippen LogP) is 10.0. The fraction of sp³-hybridized carbons (Fsp3) is 0.900. The summed E-state index contributed by atoms with van der Waals surface area (Å²) >= 11 is 0. The molecule has 1 heterocycles. The molecule has 186 valence electrons. The van der Waals surface area contributed by atoms with Crippen LogP contribution in [0.25, 0.3) is 0 Å². The van der Waals surface area contributed by atoms with E-state index in [4.69, 9.17) is 5.10 Å². The number of rotatable bonds is 1. The SMILES string of the molecule is C1=C(C2=NNCCCCCCCCCCCCC2)CCCCCCCCCCCCCC1. The second kappa shape index (κ2) is 20.8. The van der Waals surface area contributed by atoms with E-state index in [0.717, 1.165) is 6.54 Å². The van der Waals surface area contributed by atoms with E-state index in [2.05, 4.69) is 11.5 Å². The number of nitrogens with zero attached hydrogens (tertiary/aromatic N) is 1. The molecule has 0 aromatic heterocycles. The Kier molecular flexibility index (Phi) is 17.8. The first-order valence-corrected chi connectivity index (χ1v) is 15.0. The van der Waals surface area contributed by atoms with Gasteiger partial charge in [0, 0.05) is 6.54 Å². The summed E-state index contributed by atoms with van der Waals surface area (Å²) in [7, 11) is 0. The van der Waals surface area contributed by atoms with Crippen molar-refractivity contribution in [3.8, 4) is 0 Å². The summed E-state index contributed by atoms with van der Waals surface area (Å²) in [6, 6.07) is 0. The van der Waals surface area contributed by atoms with Crippen LogP contribution in [0.2, 0.25) is 0 Å². The highest BCUT2D eigenvalue weighted by Crippen LogP contribution is 2.20. The Hall–Kier alpha value is -0.790. The van der Waals surface area contributed by atoms with Crippen molar-refractivity contribution in [2.24, 2.45) is 5.10 Å². The van der Waals surface area contributed by atoms with Crippen molar-refractivity contribution in [1.29, 1.82) is 0 Å². The van der Waals surface area contributed by atoms with Crippen molar-refractivity contribution >= 4 is 5.71 Å². The summed E-state index contributed by atoms with van der Waals surface area (Å²) in [6.07, 6.45) is 38.8. The normalized spacial score (nSPS) is 24.0. The second-order valence-corrected chi connectivity index (χ2v) is 10.6. The van der Waals surface area contributed by atoms with Crippen LogP contribution in [0.4, 0.5) is 0 Å². The molecule has 0 aromatic carbocycles. The highest BCUT2D eigenvalue weighted by molar-refractivity contribution is 5.99. The van der Waals surface area contributed by atoms with Gasteiger partial charge in [0.15, 0.2) is 0 Å². The van der Waals surface area contributed by atoms with E-state index < -0.39 is 0 Å². The van der Waals surface area contributed by atoms with Gasteiger partial charge in [-0.3, -0.25) is 0 Å². The molecule has 2 rings (SSSR count). The van der Waals surface area contributed by atoms with Gasteiger partial charge in [-0.2, -0.15) is 5.10 Å². The van der Waals surface area contributed by atoms with Crippen molar-refractivity contribution in [2.45, 2.75) is 167 Å². The van der Waals surface area contributed by atoms with Crippen LogP contribution >= 0.6 is 0 Å². The third kappa shape index (κ3) is 15.1. The van der Waals surface area contributed by atoms with Gasteiger partial charge >= 0.3 is 0 Å². The highest BCUT2D eigenvalue weighted by atomic mass is 15.3. The van der Waals surface area contributed by atoms with Gasteiger partial charge in [0.2, 0.25) is 0 Å². The lowest BCUT2D eigenvalue weighted by Crippen LogP contribution is -2.14. The van der Waals surface area contributed by atoms with Crippen LogP contribution in [0.5, 0.6) is 0 Å². The molecule has 0 amide bonds. The molecule has 1 aliphatic carbocycles. The lowest BCUT2D eigenvalue weighted by Gasteiger charge is -2.14. The minimum Gasteiger partial charge on any atom is -0.310 e. The number of hydrogen-bond acceptors (Lipinski definition) is 2. The Morgan fingerprint density at radius 2 is 0.844 bits per heavy atom. The summed E-state index contributed by atoms with van der Waals surface area (Å²) in [5, 5.41) is 5.00. The number of hydrazone groups is 1. The number of allylic oxidation sites excluding steroid dienone is 2. The maximum absolute atomic E-state index is 5.00. The number of hydrogen-bond donors (Lipinski definition) is 1. The van der Waals surface area contributed by atoms with Gasteiger partial charge in [0.05, 0.1) is 5.71 Å².